The Labute approximate surface area is 82.7 Å². The molecule has 0 aromatic carbocycles. The lowest BCUT2D eigenvalue weighted by molar-refractivity contribution is 0.194. The van der Waals surface area contributed by atoms with Gasteiger partial charge >= 0.3 is 0 Å². The minimum absolute atomic E-state index is 0. The van der Waals surface area contributed by atoms with E-state index >= 15 is 0 Å². The van der Waals surface area contributed by atoms with Crippen LogP contribution in [0.15, 0.2) is 0 Å². The largest absolute Gasteiger partial charge is 0.412 e. The van der Waals surface area contributed by atoms with Crippen LogP contribution in [0.25, 0.3) is 0 Å². The molecule has 0 aromatic heterocycles. The molecular weight excluding hydrogens is 168 g/mol. The number of unbranched alkanes of at least 4 members (excludes halogenated alkanes) is 2. The quantitative estimate of drug-likeness (QED) is 0.607. The topological polar surface area (TPSA) is 50.0 Å². The number of hydrogen-bond donors (Lipinski definition) is 0. The van der Waals surface area contributed by atoms with Gasteiger partial charge in [-0.1, -0.05) is 26.7 Å². The molecule has 0 saturated carbocycles. The molecule has 0 atom stereocenters. The van der Waals surface area contributed by atoms with Crippen LogP contribution in [-0.4, -0.2) is 32.9 Å². The molecule has 3 nitrogen and oxygen atoms in total. The van der Waals surface area contributed by atoms with Gasteiger partial charge in [-0.3, -0.25) is 0 Å². The smallest absolute Gasteiger partial charge is 0.0462 e. The molecule has 3 heteroatoms. The van der Waals surface area contributed by atoms with Crippen molar-refractivity contribution in [2.45, 2.75) is 39.5 Å². The zero-order valence-corrected chi connectivity index (χ0v) is 9.56. The molecular formula is C10H26O3. The van der Waals surface area contributed by atoms with Crippen LogP contribution in [0.1, 0.15) is 39.5 Å². The Balaban J connectivity index is -0.000000143. The lowest BCUT2D eigenvalue weighted by Gasteiger charge is -1.89. The molecule has 0 aliphatic heterocycles. The van der Waals surface area contributed by atoms with E-state index in [4.69, 9.17) is 9.47 Å². The number of hydrogen-bond acceptors (Lipinski definition) is 2. The Morgan fingerprint density at radius 3 is 1.15 bits per heavy atom. The molecule has 0 spiro atoms. The van der Waals surface area contributed by atoms with Crippen LogP contribution < -0.4 is 0 Å². The number of rotatable bonds is 6. The fourth-order valence-electron chi connectivity index (χ4n) is 0.577. The van der Waals surface area contributed by atoms with Crippen LogP contribution in [0.5, 0.6) is 0 Å². The van der Waals surface area contributed by atoms with E-state index in [1.54, 1.807) is 14.2 Å². The molecule has 0 heterocycles. The van der Waals surface area contributed by atoms with Gasteiger partial charge < -0.3 is 14.9 Å². The molecule has 0 aliphatic carbocycles. The second kappa shape index (κ2) is 22.6. The van der Waals surface area contributed by atoms with Gasteiger partial charge in [0.05, 0.1) is 0 Å². The third-order valence-electron chi connectivity index (χ3n) is 1.40. The van der Waals surface area contributed by atoms with Gasteiger partial charge in [-0.05, 0) is 12.8 Å². The highest BCUT2D eigenvalue weighted by Gasteiger charge is 1.75. The van der Waals surface area contributed by atoms with E-state index in [2.05, 4.69) is 13.8 Å². The summed E-state index contributed by atoms with van der Waals surface area (Å²) in [5, 5.41) is 0. The molecule has 13 heavy (non-hydrogen) atoms. The summed E-state index contributed by atoms with van der Waals surface area (Å²) in [6, 6.07) is 0. The molecule has 0 aromatic rings. The maximum absolute atomic E-state index is 4.78. The standard InChI is InChI=1S/2C5H12O.H2O/c2*1-3-4-5-6-2;/h2*3-5H2,1-2H3;1H2. The Morgan fingerprint density at radius 1 is 0.769 bits per heavy atom. The van der Waals surface area contributed by atoms with Crippen molar-refractivity contribution < 1.29 is 14.9 Å². The van der Waals surface area contributed by atoms with Gasteiger partial charge in [-0.15, -0.1) is 0 Å². The second-order valence-electron chi connectivity index (χ2n) is 2.69. The summed E-state index contributed by atoms with van der Waals surface area (Å²) < 4.78 is 9.56. The second-order valence-corrected chi connectivity index (χ2v) is 2.69. The molecule has 0 radical (unpaired) electrons. The van der Waals surface area contributed by atoms with Crippen LogP contribution in [0.3, 0.4) is 0 Å². The summed E-state index contributed by atoms with van der Waals surface area (Å²) in [6.45, 7) is 6.13. The number of methoxy groups -OCH3 is 2. The van der Waals surface area contributed by atoms with Gasteiger partial charge in [-0.2, -0.15) is 0 Å². The summed E-state index contributed by atoms with van der Waals surface area (Å²) in [5.74, 6) is 0. The summed E-state index contributed by atoms with van der Waals surface area (Å²) >= 11 is 0. The van der Waals surface area contributed by atoms with Crippen LogP contribution >= 0.6 is 0 Å². The molecule has 0 rings (SSSR count). The Hall–Kier alpha value is -0.120. The fraction of sp³-hybridized carbons (Fsp3) is 1.00. The Bertz CT molecular complexity index is 42.1. The molecule has 0 bridgehead atoms. The highest BCUT2D eigenvalue weighted by molar-refractivity contribution is 4.26. The van der Waals surface area contributed by atoms with Crippen LogP contribution in [0.2, 0.25) is 0 Å². The maximum atomic E-state index is 4.78. The fourth-order valence-corrected chi connectivity index (χ4v) is 0.577. The zero-order valence-electron chi connectivity index (χ0n) is 9.56. The third kappa shape index (κ3) is 33.5. The average Bonchev–Trinajstić information content (AvgIpc) is 2.12. The molecule has 0 fully saturated rings. The van der Waals surface area contributed by atoms with Crippen molar-refractivity contribution in [3.05, 3.63) is 0 Å². The Kier molecular flexibility index (Phi) is 32.4. The first-order valence-electron chi connectivity index (χ1n) is 4.81. The number of ether oxygens (including phenoxy) is 2. The highest BCUT2D eigenvalue weighted by atomic mass is 16.5. The van der Waals surface area contributed by atoms with E-state index in [-0.39, 0.29) is 5.48 Å². The summed E-state index contributed by atoms with van der Waals surface area (Å²) in [6.07, 6.45) is 4.84. The van der Waals surface area contributed by atoms with Crippen LogP contribution in [0, 0.1) is 0 Å². The highest BCUT2D eigenvalue weighted by Crippen LogP contribution is 1.83. The molecule has 0 aliphatic rings. The van der Waals surface area contributed by atoms with Crippen molar-refractivity contribution >= 4 is 0 Å². The molecule has 2 N–H and O–H groups in total. The van der Waals surface area contributed by atoms with E-state index in [0.717, 1.165) is 13.2 Å². The van der Waals surface area contributed by atoms with Crippen LogP contribution in [-0.2, 0) is 9.47 Å². The van der Waals surface area contributed by atoms with E-state index < -0.39 is 0 Å². The lowest BCUT2D eigenvalue weighted by Crippen LogP contribution is -1.84. The SMILES string of the molecule is CCCCOC.CCCCOC.O. The minimum atomic E-state index is 0. The monoisotopic (exact) mass is 194 g/mol. The molecule has 0 unspecified atom stereocenters. The predicted molar refractivity (Wildman–Crippen MR) is 57.2 cm³/mol. The van der Waals surface area contributed by atoms with Gasteiger partial charge in [0.25, 0.3) is 0 Å². The average molecular weight is 194 g/mol. The first kappa shape index (κ1) is 18.6. The molecule has 84 valence electrons. The van der Waals surface area contributed by atoms with Gasteiger partial charge in [0, 0.05) is 27.4 Å². The first-order chi connectivity index (χ1) is 5.83. The van der Waals surface area contributed by atoms with Gasteiger partial charge in [0.2, 0.25) is 0 Å². The van der Waals surface area contributed by atoms with E-state index in [0.29, 0.717) is 0 Å². The van der Waals surface area contributed by atoms with Crippen molar-refractivity contribution in [2.75, 3.05) is 27.4 Å². The van der Waals surface area contributed by atoms with E-state index in [1.807, 2.05) is 0 Å². The predicted octanol–water partition coefficient (Wildman–Crippen LogP) is 2.04. The molecule has 0 amide bonds. The summed E-state index contributed by atoms with van der Waals surface area (Å²) in [7, 11) is 3.46. The van der Waals surface area contributed by atoms with Gasteiger partial charge in [0.15, 0.2) is 0 Å². The Morgan fingerprint density at radius 2 is 1.08 bits per heavy atom. The van der Waals surface area contributed by atoms with Crippen molar-refractivity contribution in [2.24, 2.45) is 0 Å². The maximum Gasteiger partial charge on any atom is 0.0462 e. The summed E-state index contributed by atoms with van der Waals surface area (Å²) in [5.41, 5.74) is 0. The normalized spacial score (nSPS) is 8.31. The zero-order chi connectivity index (χ0) is 9.66. The minimum Gasteiger partial charge on any atom is -0.412 e. The van der Waals surface area contributed by atoms with Crippen molar-refractivity contribution in [1.29, 1.82) is 0 Å². The van der Waals surface area contributed by atoms with Crippen LogP contribution in [0.4, 0.5) is 0 Å². The van der Waals surface area contributed by atoms with Gasteiger partial charge in [-0.25, -0.2) is 0 Å². The van der Waals surface area contributed by atoms with Crippen molar-refractivity contribution in [1.82, 2.24) is 0 Å². The molecule has 0 saturated heterocycles. The third-order valence-corrected chi connectivity index (χ3v) is 1.40. The van der Waals surface area contributed by atoms with E-state index in [1.165, 1.54) is 25.7 Å². The lowest BCUT2D eigenvalue weighted by atomic mass is 10.4. The van der Waals surface area contributed by atoms with Crippen molar-refractivity contribution in [3.63, 3.8) is 0 Å². The van der Waals surface area contributed by atoms with Crippen molar-refractivity contribution in [3.8, 4) is 0 Å². The van der Waals surface area contributed by atoms with Gasteiger partial charge in [0.1, 0.15) is 0 Å². The summed E-state index contributed by atoms with van der Waals surface area (Å²) in [4.78, 5) is 0. The first-order valence-corrected chi connectivity index (χ1v) is 4.81. The van der Waals surface area contributed by atoms with E-state index in [9.17, 15) is 0 Å².